The molecule has 0 spiro atoms. The minimum Gasteiger partial charge on any atom is -0.492 e. The van der Waals surface area contributed by atoms with Crippen LogP contribution >= 0.6 is 0 Å². The van der Waals surface area contributed by atoms with Gasteiger partial charge in [0.2, 0.25) is 11.8 Å². The lowest BCUT2D eigenvalue weighted by Crippen LogP contribution is -2.46. The Balaban J connectivity index is 1.86. The van der Waals surface area contributed by atoms with Crippen molar-refractivity contribution >= 4 is 35.1 Å². The number of nitrogens with zero attached hydrogens (tertiary/aromatic N) is 2. The van der Waals surface area contributed by atoms with Gasteiger partial charge in [0.1, 0.15) is 36.5 Å². The predicted octanol–water partition coefficient (Wildman–Crippen LogP) is 2.45. The van der Waals surface area contributed by atoms with Crippen molar-refractivity contribution in [2.45, 2.75) is 64.5 Å². The van der Waals surface area contributed by atoms with Gasteiger partial charge in [-0.05, 0) is 79.4 Å². The fourth-order valence-electron chi connectivity index (χ4n) is 7.10. The van der Waals surface area contributed by atoms with E-state index in [1.54, 1.807) is 68.4 Å². The number of nitrogens with two attached hydrogens (primary N) is 4. The van der Waals surface area contributed by atoms with Crippen molar-refractivity contribution in [3.8, 4) is 34.4 Å². The van der Waals surface area contributed by atoms with E-state index in [0.29, 0.717) is 33.8 Å². The predicted molar refractivity (Wildman–Crippen MR) is 223 cm³/mol. The molecule has 1 aliphatic rings. The Morgan fingerprint density at radius 3 is 2.18 bits per heavy atom. The van der Waals surface area contributed by atoms with Gasteiger partial charge < -0.3 is 47.4 Å². The van der Waals surface area contributed by atoms with Crippen LogP contribution < -0.4 is 42.5 Å². The maximum atomic E-state index is 14.6. The average Bonchev–Trinajstić information content (AvgIpc) is 3.22. The monoisotopic (exact) mass is 825 g/mol. The Labute approximate surface area is 349 Å². The van der Waals surface area contributed by atoms with Gasteiger partial charge in [-0.15, -0.1) is 0 Å². The van der Waals surface area contributed by atoms with Crippen molar-refractivity contribution in [2.75, 3.05) is 46.5 Å². The van der Waals surface area contributed by atoms with E-state index in [2.05, 4.69) is 5.32 Å². The molecule has 3 amide bonds. The fraction of sp³-hybridized carbons (Fsp3) is 0.432. The second-order valence-corrected chi connectivity index (χ2v) is 14.8. The topological polar surface area (TPSA) is 273 Å². The van der Waals surface area contributed by atoms with Crippen LogP contribution in [0, 0.1) is 30.1 Å². The molecule has 0 radical (unpaired) electrons. The van der Waals surface area contributed by atoms with E-state index in [1.807, 2.05) is 6.07 Å². The Morgan fingerprint density at radius 1 is 0.883 bits per heavy atom. The zero-order valence-electron chi connectivity index (χ0n) is 34.4. The molecule has 0 saturated carbocycles. The number of nitriles is 1. The molecule has 0 aromatic heterocycles. The summed E-state index contributed by atoms with van der Waals surface area (Å²) in [5, 5.41) is 12.0. The summed E-state index contributed by atoms with van der Waals surface area (Å²) in [5.41, 5.74) is 25.9. The number of carbonyl (C=O) groups excluding carboxylic acids is 6. The average molecular weight is 826 g/mol. The highest BCUT2D eigenvalue weighted by Crippen LogP contribution is 2.41. The molecule has 0 aliphatic carbocycles. The van der Waals surface area contributed by atoms with Crippen LogP contribution in [0.5, 0.6) is 17.2 Å². The van der Waals surface area contributed by atoms with Crippen LogP contribution in [-0.2, 0) is 30.4 Å². The van der Waals surface area contributed by atoms with E-state index in [9.17, 15) is 34.0 Å². The molecule has 3 aromatic carbocycles. The van der Waals surface area contributed by atoms with E-state index < -0.39 is 59.8 Å². The standard InChI is InChI=1S/C44H55N7O9/c1-26-6-9-31(40(19-26)60-25-41(49)55)36(53)24-30(12-14-46)44(57)51(3)42-29-8-11-39(59-18-16-48)33(23-29)32-21-28(7-10-38(32)58-17-15-47)22-34(35(52)5-4-13-45)50-43(56)27(2)20-37(42)54/h6-11,19,21,23,27,30,34,42H,4-5,12,14-18,20,22,24-25,46-48H2,1-3H3,(H2,49,55)(H,50,56)/t27-,30-,34+,42+/m1/s1. The Kier molecular flexibility index (Phi) is 17.3. The summed E-state index contributed by atoms with van der Waals surface area (Å²) in [7, 11) is 1.46. The minimum atomic E-state index is -1.27. The Morgan fingerprint density at radius 2 is 1.55 bits per heavy atom. The van der Waals surface area contributed by atoms with Gasteiger partial charge in [-0.25, -0.2) is 0 Å². The van der Waals surface area contributed by atoms with Gasteiger partial charge in [-0.2, -0.15) is 5.26 Å². The van der Waals surface area contributed by atoms with Crippen LogP contribution in [0.15, 0.2) is 54.6 Å². The summed E-state index contributed by atoms with van der Waals surface area (Å²) in [4.78, 5) is 83.0. The molecular weight excluding hydrogens is 771 g/mol. The third-order valence-corrected chi connectivity index (χ3v) is 10.1. The quantitative estimate of drug-likeness (QED) is 0.109. The number of hydrogen-bond donors (Lipinski definition) is 5. The number of likely N-dealkylation sites (N-methyl/N-ethyl adjacent to an activating group) is 1. The van der Waals surface area contributed by atoms with E-state index >= 15 is 0 Å². The van der Waals surface area contributed by atoms with E-state index in [-0.39, 0.29) is 88.5 Å². The van der Waals surface area contributed by atoms with Crippen molar-refractivity contribution in [1.82, 2.24) is 10.2 Å². The number of Topliss-reactive ketones (excluding diaryl/α,β-unsaturated/α-hetero) is 3. The first-order valence-corrected chi connectivity index (χ1v) is 19.9. The molecule has 0 saturated heterocycles. The van der Waals surface area contributed by atoms with Crippen LogP contribution in [-0.4, -0.2) is 92.5 Å². The van der Waals surface area contributed by atoms with Crippen molar-refractivity contribution < 1.29 is 43.0 Å². The van der Waals surface area contributed by atoms with Crippen molar-refractivity contribution in [1.29, 1.82) is 5.26 Å². The molecular formula is C44H55N7O9. The second kappa shape index (κ2) is 22.3. The van der Waals surface area contributed by atoms with Crippen molar-refractivity contribution in [3.63, 3.8) is 0 Å². The number of carbonyl (C=O) groups is 6. The zero-order valence-corrected chi connectivity index (χ0v) is 34.4. The van der Waals surface area contributed by atoms with Gasteiger partial charge >= 0.3 is 0 Å². The van der Waals surface area contributed by atoms with Gasteiger partial charge in [-0.1, -0.05) is 25.1 Å². The number of primary amides is 1. The lowest BCUT2D eigenvalue weighted by atomic mass is 9.88. The van der Waals surface area contributed by atoms with E-state index in [1.165, 1.54) is 11.9 Å². The summed E-state index contributed by atoms with van der Waals surface area (Å²) in [6.07, 6.45) is -0.588. The van der Waals surface area contributed by atoms with Crippen LogP contribution in [0.1, 0.15) is 72.1 Å². The molecule has 0 unspecified atom stereocenters. The molecule has 0 fully saturated rings. The number of benzene rings is 3. The normalized spacial score (nSPS) is 17.0. The summed E-state index contributed by atoms with van der Waals surface area (Å²) >= 11 is 0. The third-order valence-electron chi connectivity index (χ3n) is 10.1. The smallest absolute Gasteiger partial charge is 0.255 e. The number of nitrogens with one attached hydrogen (secondary N) is 1. The number of ether oxygens (including phenoxy) is 3. The maximum absolute atomic E-state index is 14.6. The zero-order chi connectivity index (χ0) is 43.9. The summed E-state index contributed by atoms with van der Waals surface area (Å²) in [6, 6.07) is 14.9. The molecule has 16 heteroatoms. The van der Waals surface area contributed by atoms with Crippen molar-refractivity contribution in [2.24, 2.45) is 34.8 Å². The molecule has 320 valence electrons. The second-order valence-electron chi connectivity index (χ2n) is 14.8. The van der Waals surface area contributed by atoms with Crippen LogP contribution in [0.3, 0.4) is 0 Å². The highest BCUT2D eigenvalue weighted by Gasteiger charge is 2.36. The first kappa shape index (κ1) is 46.5. The van der Waals surface area contributed by atoms with Crippen molar-refractivity contribution in [3.05, 3.63) is 76.9 Å². The number of ketones is 3. The number of rotatable bonds is 19. The summed E-state index contributed by atoms with van der Waals surface area (Å²) in [5.74, 6) is -4.12. The van der Waals surface area contributed by atoms with Crippen LogP contribution in [0.4, 0.5) is 0 Å². The van der Waals surface area contributed by atoms with Crippen LogP contribution in [0.25, 0.3) is 11.1 Å². The molecule has 3 aromatic rings. The molecule has 4 rings (SSSR count). The number of aryl methyl sites for hydroxylation is 1. The minimum absolute atomic E-state index is 0.0414. The van der Waals surface area contributed by atoms with E-state index in [4.69, 9.17) is 37.1 Å². The Hall–Kier alpha value is -6.15. The third kappa shape index (κ3) is 12.2. The largest absolute Gasteiger partial charge is 0.492 e. The highest BCUT2D eigenvalue weighted by atomic mass is 16.5. The number of amides is 3. The maximum Gasteiger partial charge on any atom is 0.255 e. The lowest BCUT2D eigenvalue weighted by Gasteiger charge is -2.32. The van der Waals surface area contributed by atoms with Gasteiger partial charge in [0, 0.05) is 68.8 Å². The van der Waals surface area contributed by atoms with E-state index in [0.717, 1.165) is 5.56 Å². The first-order chi connectivity index (χ1) is 28.7. The van der Waals surface area contributed by atoms with Gasteiger partial charge in [0.05, 0.1) is 17.7 Å². The van der Waals surface area contributed by atoms with Crippen LogP contribution in [0.2, 0.25) is 0 Å². The Bertz CT molecular complexity index is 2100. The van der Waals surface area contributed by atoms with Gasteiger partial charge in [0.15, 0.2) is 24.0 Å². The molecule has 9 N–H and O–H groups in total. The van der Waals surface area contributed by atoms with Gasteiger partial charge in [-0.3, -0.25) is 28.8 Å². The summed E-state index contributed by atoms with van der Waals surface area (Å²) < 4.78 is 17.7. The summed E-state index contributed by atoms with van der Waals surface area (Å²) in [6.45, 7) is 3.64. The molecule has 16 nitrogen and oxygen atoms in total. The molecule has 1 aliphatic heterocycles. The molecule has 1 heterocycles. The molecule has 60 heavy (non-hydrogen) atoms. The lowest BCUT2D eigenvalue weighted by molar-refractivity contribution is -0.142. The van der Waals surface area contributed by atoms with Gasteiger partial charge in [0.25, 0.3) is 5.91 Å². The SMILES string of the molecule is Cc1ccc(C(=O)C[C@@H](CCN)C(=O)N(C)[C@@H]2C(=O)C[C@@H](C)C(=O)N[C@H](C(=O)CCC#N)Cc3ccc(OCCN)c(c3)-c3cc2ccc3OCCN)c(OCC(N)=O)c1. The molecule has 4 bridgehead atoms. The number of hydrogen-bond acceptors (Lipinski definition) is 13. The molecule has 4 atom stereocenters. The first-order valence-electron chi connectivity index (χ1n) is 19.9. The highest BCUT2D eigenvalue weighted by molar-refractivity contribution is 6.02. The number of fused-ring (bicyclic) bond motifs is 5. The fourth-order valence-corrected chi connectivity index (χ4v) is 7.10.